The summed E-state index contributed by atoms with van der Waals surface area (Å²) in [5.74, 6) is 0. The van der Waals surface area contributed by atoms with Crippen LogP contribution in [0.2, 0.25) is 0 Å². The van der Waals surface area contributed by atoms with Crippen LogP contribution in [0.5, 0.6) is 0 Å². The lowest BCUT2D eigenvalue weighted by atomic mass is 9.92. The summed E-state index contributed by atoms with van der Waals surface area (Å²) in [5, 5.41) is 0. The van der Waals surface area contributed by atoms with E-state index in [0.717, 1.165) is 25.9 Å². The SMILES string of the molecule is C=CCCC(N)C1OCCc2ccccc21. The molecule has 0 bridgehead atoms. The van der Waals surface area contributed by atoms with Crippen LogP contribution in [0.4, 0.5) is 0 Å². The number of hydrogen-bond donors (Lipinski definition) is 1. The van der Waals surface area contributed by atoms with Gasteiger partial charge in [-0.2, -0.15) is 0 Å². The summed E-state index contributed by atoms with van der Waals surface area (Å²) >= 11 is 0. The third-order valence-corrected chi connectivity index (χ3v) is 3.12. The van der Waals surface area contributed by atoms with Gasteiger partial charge in [0.1, 0.15) is 0 Å². The van der Waals surface area contributed by atoms with Gasteiger partial charge in [0.15, 0.2) is 0 Å². The van der Waals surface area contributed by atoms with Crippen molar-refractivity contribution in [3.8, 4) is 0 Å². The van der Waals surface area contributed by atoms with E-state index in [2.05, 4.69) is 30.8 Å². The van der Waals surface area contributed by atoms with E-state index in [4.69, 9.17) is 10.5 Å². The highest BCUT2D eigenvalue weighted by atomic mass is 16.5. The van der Waals surface area contributed by atoms with Crippen LogP contribution in [-0.4, -0.2) is 12.6 Å². The van der Waals surface area contributed by atoms with Gasteiger partial charge in [-0.25, -0.2) is 0 Å². The van der Waals surface area contributed by atoms with Crippen LogP contribution < -0.4 is 5.73 Å². The molecule has 1 aromatic carbocycles. The van der Waals surface area contributed by atoms with Gasteiger partial charge in [-0.05, 0) is 30.4 Å². The quantitative estimate of drug-likeness (QED) is 0.787. The molecule has 1 aliphatic rings. The van der Waals surface area contributed by atoms with E-state index in [1.165, 1.54) is 11.1 Å². The molecule has 86 valence electrons. The lowest BCUT2D eigenvalue weighted by Crippen LogP contribution is -2.33. The second kappa shape index (κ2) is 5.28. The molecule has 0 aliphatic carbocycles. The highest BCUT2D eigenvalue weighted by molar-refractivity contribution is 5.31. The molecule has 0 radical (unpaired) electrons. The zero-order chi connectivity index (χ0) is 11.4. The van der Waals surface area contributed by atoms with Crippen molar-refractivity contribution in [2.45, 2.75) is 31.4 Å². The van der Waals surface area contributed by atoms with Crippen LogP contribution in [0.1, 0.15) is 30.1 Å². The fraction of sp³-hybridized carbons (Fsp3) is 0.429. The van der Waals surface area contributed by atoms with Crippen molar-refractivity contribution in [3.05, 3.63) is 48.0 Å². The minimum atomic E-state index is 0.0601. The monoisotopic (exact) mass is 217 g/mol. The van der Waals surface area contributed by atoms with Crippen LogP contribution in [0.3, 0.4) is 0 Å². The fourth-order valence-corrected chi connectivity index (χ4v) is 2.24. The molecule has 1 aliphatic heterocycles. The molecule has 0 amide bonds. The predicted octanol–water partition coefficient (Wildman–Crippen LogP) is 2.59. The number of nitrogens with two attached hydrogens (primary N) is 1. The Kier molecular flexibility index (Phi) is 3.75. The van der Waals surface area contributed by atoms with Crippen molar-refractivity contribution in [2.75, 3.05) is 6.61 Å². The van der Waals surface area contributed by atoms with Gasteiger partial charge in [0.2, 0.25) is 0 Å². The Labute approximate surface area is 97.1 Å². The van der Waals surface area contributed by atoms with Gasteiger partial charge in [-0.15, -0.1) is 6.58 Å². The molecule has 1 heterocycles. The van der Waals surface area contributed by atoms with Gasteiger partial charge >= 0.3 is 0 Å². The Bertz CT molecular complexity index is 362. The fourth-order valence-electron chi connectivity index (χ4n) is 2.24. The van der Waals surface area contributed by atoms with Crippen molar-refractivity contribution >= 4 is 0 Å². The van der Waals surface area contributed by atoms with Gasteiger partial charge in [-0.1, -0.05) is 30.3 Å². The summed E-state index contributed by atoms with van der Waals surface area (Å²) in [4.78, 5) is 0. The Morgan fingerprint density at radius 3 is 3.12 bits per heavy atom. The molecule has 2 atom stereocenters. The van der Waals surface area contributed by atoms with Crippen molar-refractivity contribution in [3.63, 3.8) is 0 Å². The number of fused-ring (bicyclic) bond motifs is 1. The Balaban J connectivity index is 2.14. The first-order chi connectivity index (χ1) is 7.83. The molecule has 16 heavy (non-hydrogen) atoms. The van der Waals surface area contributed by atoms with E-state index in [0.29, 0.717) is 0 Å². The van der Waals surface area contributed by atoms with Crippen LogP contribution in [0, 0.1) is 0 Å². The number of hydrogen-bond acceptors (Lipinski definition) is 2. The number of allylic oxidation sites excluding steroid dienone is 1. The van der Waals surface area contributed by atoms with Crippen molar-refractivity contribution < 1.29 is 4.74 Å². The van der Waals surface area contributed by atoms with Crippen LogP contribution >= 0.6 is 0 Å². The van der Waals surface area contributed by atoms with Gasteiger partial charge in [0.25, 0.3) is 0 Å². The molecule has 1 aromatic rings. The Hall–Kier alpha value is -1.12. The maximum absolute atomic E-state index is 6.18. The van der Waals surface area contributed by atoms with Crippen molar-refractivity contribution in [1.82, 2.24) is 0 Å². The van der Waals surface area contributed by atoms with Gasteiger partial charge in [0, 0.05) is 6.04 Å². The highest BCUT2D eigenvalue weighted by Crippen LogP contribution is 2.30. The Morgan fingerprint density at radius 1 is 1.50 bits per heavy atom. The van der Waals surface area contributed by atoms with Crippen LogP contribution in [0.15, 0.2) is 36.9 Å². The molecule has 0 spiro atoms. The minimum absolute atomic E-state index is 0.0601. The summed E-state index contributed by atoms with van der Waals surface area (Å²) in [5.41, 5.74) is 8.83. The first kappa shape index (κ1) is 11.4. The van der Waals surface area contributed by atoms with E-state index in [9.17, 15) is 0 Å². The summed E-state index contributed by atoms with van der Waals surface area (Å²) < 4.78 is 5.80. The molecule has 2 heteroatoms. The third-order valence-electron chi connectivity index (χ3n) is 3.12. The molecule has 2 N–H and O–H groups in total. The van der Waals surface area contributed by atoms with E-state index in [1.807, 2.05) is 6.08 Å². The largest absolute Gasteiger partial charge is 0.372 e. The first-order valence-electron chi connectivity index (χ1n) is 5.89. The van der Waals surface area contributed by atoms with Gasteiger partial charge < -0.3 is 10.5 Å². The molecule has 2 unspecified atom stereocenters. The average Bonchev–Trinajstić information content (AvgIpc) is 2.35. The van der Waals surface area contributed by atoms with Crippen molar-refractivity contribution in [1.29, 1.82) is 0 Å². The van der Waals surface area contributed by atoms with Gasteiger partial charge in [-0.3, -0.25) is 0 Å². The molecule has 0 fully saturated rings. The van der Waals surface area contributed by atoms with Crippen molar-refractivity contribution in [2.24, 2.45) is 5.73 Å². The van der Waals surface area contributed by atoms with E-state index in [-0.39, 0.29) is 12.1 Å². The molecular formula is C14H19NO. The Morgan fingerprint density at radius 2 is 2.31 bits per heavy atom. The predicted molar refractivity (Wildman–Crippen MR) is 66.2 cm³/mol. The summed E-state index contributed by atoms with van der Waals surface area (Å²) in [7, 11) is 0. The first-order valence-corrected chi connectivity index (χ1v) is 5.89. The molecular weight excluding hydrogens is 198 g/mol. The minimum Gasteiger partial charge on any atom is -0.372 e. The maximum atomic E-state index is 6.18. The second-order valence-corrected chi connectivity index (χ2v) is 4.27. The summed E-state index contributed by atoms with van der Waals surface area (Å²) in [6, 6.07) is 8.51. The van der Waals surface area contributed by atoms with E-state index < -0.39 is 0 Å². The maximum Gasteiger partial charge on any atom is 0.0978 e. The molecule has 0 saturated heterocycles. The van der Waals surface area contributed by atoms with Gasteiger partial charge in [0.05, 0.1) is 12.7 Å². The molecule has 2 rings (SSSR count). The van der Waals surface area contributed by atoms with Crippen LogP contribution in [0.25, 0.3) is 0 Å². The average molecular weight is 217 g/mol. The summed E-state index contributed by atoms with van der Waals surface area (Å²) in [6.45, 7) is 4.51. The summed E-state index contributed by atoms with van der Waals surface area (Å²) in [6.07, 6.45) is 4.85. The third kappa shape index (κ3) is 2.34. The van der Waals surface area contributed by atoms with Crippen LogP contribution in [-0.2, 0) is 11.2 Å². The molecule has 0 saturated carbocycles. The lowest BCUT2D eigenvalue weighted by Gasteiger charge is -2.30. The number of ether oxygens (including phenoxy) is 1. The topological polar surface area (TPSA) is 35.2 Å². The standard InChI is InChI=1S/C14H19NO/c1-2-3-8-13(15)14-12-7-5-4-6-11(12)9-10-16-14/h2,4-7,13-14H,1,3,8-10,15H2. The second-order valence-electron chi connectivity index (χ2n) is 4.27. The molecule has 2 nitrogen and oxygen atoms in total. The van der Waals surface area contributed by atoms with E-state index in [1.54, 1.807) is 0 Å². The molecule has 0 aromatic heterocycles. The normalized spacial score (nSPS) is 21.2. The lowest BCUT2D eigenvalue weighted by molar-refractivity contribution is 0.0229. The number of rotatable bonds is 4. The van der Waals surface area contributed by atoms with E-state index >= 15 is 0 Å². The zero-order valence-corrected chi connectivity index (χ0v) is 9.56. The number of benzene rings is 1. The smallest absolute Gasteiger partial charge is 0.0978 e. The highest BCUT2D eigenvalue weighted by Gasteiger charge is 2.25. The zero-order valence-electron chi connectivity index (χ0n) is 9.56.